The Morgan fingerprint density at radius 2 is 2.30 bits per heavy atom. The lowest BCUT2D eigenvalue weighted by Crippen LogP contribution is -2.31. The Kier molecular flexibility index (Phi) is 5.31. The van der Waals surface area contributed by atoms with E-state index in [0.29, 0.717) is 27.9 Å². The minimum absolute atomic E-state index is 0.212. The van der Waals surface area contributed by atoms with Crippen molar-refractivity contribution in [2.45, 2.75) is 0 Å². The topological polar surface area (TPSA) is 29.5 Å². The third kappa shape index (κ3) is 3.46. The van der Waals surface area contributed by atoms with E-state index in [9.17, 15) is 9.18 Å². The molecule has 106 valence electrons. The van der Waals surface area contributed by atoms with Crippen LogP contribution in [0, 0.1) is 5.82 Å². The summed E-state index contributed by atoms with van der Waals surface area (Å²) in [5.74, 6) is -0.591. The fourth-order valence-corrected chi connectivity index (χ4v) is 3.32. The number of rotatable bonds is 4. The fraction of sp³-hybridized carbons (Fsp3) is 0.231. The zero-order chi connectivity index (χ0) is 14.7. The number of carbonyl (C=O) groups excluding carboxylic acids is 1. The average molecular weight is 376 g/mol. The normalized spacial score (nSPS) is 17.4. The molecule has 0 radical (unpaired) electrons. The quantitative estimate of drug-likeness (QED) is 0.595. The minimum atomic E-state index is -0.379. The number of carbonyl (C=O) groups is 1. The number of methoxy groups -OCH3 is 1. The van der Waals surface area contributed by atoms with Crippen LogP contribution in [0.4, 0.5) is 4.39 Å². The summed E-state index contributed by atoms with van der Waals surface area (Å²) in [6.45, 7) is 0.810. The van der Waals surface area contributed by atoms with Crippen LogP contribution in [-0.2, 0) is 9.53 Å². The highest BCUT2D eigenvalue weighted by Crippen LogP contribution is 2.33. The summed E-state index contributed by atoms with van der Waals surface area (Å²) in [4.78, 5) is 14.1. The zero-order valence-electron chi connectivity index (χ0n) is 10.6. The molecule has 1 aliphatic rings. The second-order valence-corrected chi connectivity index (χ2v) is 6.58. The van der Waals surface area contributed by atoms with E-state index in [0.717, 1.165) is 4.47 Å². The second kappa shape index (κ2) is 6.80. The lowest BCUT2D eigenvalue weighted by atomic mass is 10.2. The molecule has 1 heterocycles. The van der Waals surface area contributed by atoms with Gasteiger partial charge in [-0.3, -0.25) is 9.69 Å². The second-order valence-electron chi connectivity index (χ2n) is 3.99. The van der Waals surface area contributed by atoms with Crippen LogP contribution in [0.15, 0.2) is 27.6 Å². The lowest BCUT2D eigenvalue weighted by Gasteiger charge is -2.12. The van der Waals surface area contributed by atoms with E-state index >= 15 is 0 Å². The molecule has 0 saturated carbocycles. The van der Waals surface area contributed by atoms with Crippen molar-refractivity contribution in [3.63, 3.8) is 0 Å². The molecule has 0 aromatic heterocycles. The molecule has 0 N–H and O–H groups in total. The smallest absolute Gasteiger partial charge is 0.266 e. The molecule has 0 spiro atoms. The molecule has 20 heavy (non-hydrogen) atoms. The van der Waals surface area contributed by atoms with Gasteiger partial charge in [0, 0.05) is 17.1 Å². The number of thioether (sulfide) groups is 1. The van der Waals surface area contributed by atoms with Crippen LogP contribution >= 0.6 is 39.9 Å². The van der Waals surface area contributed by atoms with Crippen LogP contribution < -0.4 is 0 Å². The summed E-state index contributed by atoms with van der Waals surface area (Å²) in [6.07, 6.45) is 1.52. The van der Waals surface area contributed by atoms with Gasteiger partial charge in [0.2, 0.25) is 0 Å². The van der Waals surface area contributed by atoms with Crippen molar-refractivity contribution >= 4 is 56.2 Å². The average Bonchev–Trinajstić information content (AvgIpc) is 2.67. The molecule has 1 amide bonds. The van der Waals surface area contributed by atoms with Gasteiger partial charge in [-0.05, 0) is 24.3 Å². The molecule has 3 nitrogen and oxygen atoms in total. The summed E-state index contributed by atoms with van der Waals surface area (Å²) in [7, 11) is 1.56. The van der Waals surface area contributed by atoms with E-state index in [1.807, 2.05) is 0 Å². The summed E-state index contributed by atoms with van der Waals surface area (Å²) in [5.41, 5.74) is 0.353. The first-order valence-corrected chi connectivity index (χ1v) is 7.74. The molecule has 0 unspecified atom stereocenters. The number of benzene rings is 1. The third-order valence-electron chi connectivity index (χ3n) is 2.64. The van der Waals surface area contributed by atoms with E-state index in [-0.39, 0.29) is 11.7 Å². The van der Waals surface area contributed by atoms with Crippen molar-refractivity contribution in [2.24, 2.45) is 0 Å². The van der Waals surface area contributed by atoms with Gasteiger partial charge in [0.1, 0.15) is 10.1 Å². The first-order valence-electron chi connectivity index (χ1n) is 5.72. The zero-order valence-corrected chi connectivity index (χ0v) is 13.8. The third-order valence-corrected chi connectivity index (χ3v) is 4.51. The molecular weight excluding hydrogens is 365 g/mol. The summed E-state index contributed by atoms with van der Waals surface area (Å²) in [5, 5.41) is 0. The van der Waals surface area contributed by atoms with Gasteiger partial charge in [-0.2, -0.15) is 0 Å². The predicted octanol–water partition coefficient (Wildman–Crippen LogP) is 3.44. The summed E-state index contributed by atoms with van der Waals surface area (Å²) >= 11 is 9.60. The Morgan fingerprint density at radius 3 is 3.00 bits per heavy atom. The molecule has 0 aliphatic carbocycles. The van der Waals surface area contributed by atoms with Gasteiger partial charge in [-0.1, -0.05) is 39.9 Å². The first-order chi connectivity index (χ1) is 9.52. The number of halogens is 2. The van der Waals surface area contributed by atoms with Crippen molar-refractivity contribution in [1.82, 2.24) is 4.90 Å². The molecule has 7 heteroatoms. The monoisotopic (exact) mass is 375 g/mol. The SMILES string of the molecule is COCCN1C(=O)/C(=C\c2cc(Br)ccc2F)SC1=S. The number of nitrogens with zero attached hydrogens (tertiary/aromatic N) is 1. The highest BCUT2D eigenvalue weighted by atomic mass is 79.9. The predicted molar refractivity (Wildman–Crippen MR) is 85.9 cm³/mol. The van der Waals surface area contributed by atoms with Gasteiger partial charge in [0.25, 0.3) is 5.91 Å². The Labute approximate surface area is 134 Å². The maximum atomic E-state index is 13.7. The van der Waals surface area contributed by atoms with Crippen LogP contribution in [0.3, 0.4) is 0 Å². The molecule has 1 saturated heterocycles. The largest absolute Gasteiger partial charge is 0.383 e. The Balaban J connectivity index is 2.25. The molecule has 1 aromatic rings. The van der Waals surface area contributed by atoms with Crippen molar-refractivity contribution in [3.05, 3.63) is 39.0 Å². The number of hydrogen-bond donors (Lipinski definition) is 0. The van der Waals surface area contributed by atoms with Gasteiger partial charge in [0.05, 0.1) is 18.1 Å². The number of ether oxygens (including phenoxy) is 1. The van der Waals surface area contributed by atoms with E-state index in [1.165, 1.54) is 28.8 Å². The summed E-state index contributed by atoms with van der Waals surface area (Å²) < 4.78 is 19.9. The highest BCUT2D eigenvalue weighted by molar-refractivity contribution is 9.10. The Bertz CT molecular complexity index is 592. The van der Waals surface area contributed by atoms with Gasteiger partial charge in [-0.25, -0.2) is 4.39 Å². The van der Waals surface area contributed by atoms with Crippen molar-refractivity contribution in [2.75, 3.05) is 20.3 Å². The lowest BCUT2D eigenvalue weighted by molar-refractivity contribution is -0.122. The van der Waals surface area contributed by atoms with Crippen LogP contribution in [0.2, 0.25) is 0 Å². The van der Waals surface area contributed by atoms with Crippen molar-refractivity contribution in [3.8, 4) is 0 Å². The van der Waals surface area contributed by atoms with Crippen LogP contribution in [0.5, 0.6) is 0 Å². The van der Waals surface area contributed by atoms with Crippen molar-refractivity contribution < 1.29 is 13.9 Å². The van der Waals surface area contributed by atoms with Gasteiger partial charge < -0.3 is 4.74 Å². The van der Waals surface area contributed by atoms with Crippen LogP contribution in [-0.4, -0.2) is 35.4 Å². The minimum Gasteiger partial charge on any atom is -0.383 e. The summed E-state index contributed by atoms with van der Waals surface area (Å²) in [6, 6.07) is 4.58. The van der Waals surface area contributed by atoms with Crippen molar-refractivity contribution in [1.29, 1.82) is 0 Å². The fourth-order valence-electron chi connectivity index (χ4n) is 1.64. The Hall–Kier alpha value is -0.760. The van der Waals surface area contributed by atoms with Crippen LogP contribution in [0.25, 0.3) is 6.08 Å². The Morgan fingerprint density at radius 1 is 1.55 bits per heavy atom. The molecule has 0 atom stereocenters. The van der Waals surface area contributed by atoms with E-state index in [2.05, 4.69) is 15.9 Å². The molecule has 1 fully saturated rings. The standard InChI is InChI=1S/C13H11BrFNO2S2/c1-18-5-4-16-12(17)11(20-13(16)19)7-8-6-9(14)2-3-10(8)15/h2-3,6-7H,4-5H2,1H3/b11-7+. The highest BCUT2D eigenvalue weighted by Gasteiger charge is 2.31. The molecule has 1 aromatic carbocycles. The van der Waals surface area contributed by atoms with E-state index in [1.54, 1.807) is 19.2 Å². The van der Waals surface area contributed by atoms with E-state index < -0.39 is 0 Å². The van der Waals surface area contributed by atoms with Gasteiger partial charge >= 0.3 is 0 Å². The maximum absolute atomic E-state index is 13.7. The van der Waals surface area contributed by atoms with E-state index in [4.69, 9.17) is 17.0 Å². The molecule has 1 aliphatic heterocycles. The van der Waals surface area contributed by atoms with Gasteiger partial charge in [-0.15, -0.1) is 0 Å². The maximum Gasteiger partial charge on any atom is 0.266 e. The number of amides is 1. The van der Waals surface area contributed by atoms with Crippen LogP contribution in [0.1, 0.15) is 5.56 Å². The van der Waals surface area contributed by atoms with Gasteiger partial charge in [0.15, 0.2) is 0 Å². The first kappa shape index (κ1) is 15.6. The molecular formula is C13H11BrFNO2S2. The number of thiocarbonyl (C=S) groups is 1. The molecule has 0 bridgehead atoms. The number of hydrogen-bond acceptors (Lipinski definition) is 4. The molecule has 2 rings (SSSR count).